The maximum atomic E-state index is 12.4. The van der Waals surface area contributed by atoms with Crippen molar-refractivity contribution in [1.29, 1.82) is 0 Å². The van der Waals surface area contributed by atoms with E-state index in [-0.39, 0.29) is 30.0 Å². The number of rotatable bonds is 5. The maximum Gasteiger partial charge on any atom is 0.241 e. The summed E-state index contributed by atoms with van der Waals surface area (Å²) in [4.78, 5) is 13.9. The van der Waals surface area contributed by atoms with Gasteiger partial charge in [-0.25, -0.2) is 8.42 Å². The van der Waals surface area contributed by atoms with E-state index in [1.54, 1.807) is 11.9 Å². The number of para-hydroxylation sites is 1. The Morgan fingerprint density at radius 3 is 2.65 bits per heavy atom. The van der Waals surface area contributed by atoms with Gasteiger partial charge in [-0.1, -0.05) is 32.0 Å². The van der Waals surface area contributed by atoms with Gasteiger partial charge in [-0.05, 0) is 30.4 Å². The average molecular weight is 338 g/mol. The number of nitrogens with one attached hydrogen (secondary N) is 1. The lowest BCUT2D eigenvalue weighted by atomic mass is 9.98. The molecule has 128 valence electrons. The Hall–Kier alpha value is -1.56. The fraction of sp³-hybridized carbons (Fsp3) is 0.588. The lowest BCUT2D eigenvalue weighted by molar-refractivity contribution is -0.129. The molecule has 23 heavy (non-hydrogen) atoms. The molecule has 1 aliphatic rings. The van der Waals surface area contributed by atoms with E-state index in [2.05, 4.69) is 25.2 Å². The molecule has 1 aromatic rings. The van der Waals surface area contributed by atoms with Crippen LogP contribution in [0.15, 0.2) is 18.2 Å². The summed E-state index contributed by atoms with van der Waals surface area (Å²) in [5, 5.41) is 3.25. The molecule has 1 N–H and O–H groups in total. The minimum atomic E-state index is -2.98. The van der Waals surface area contributed by atoms with Gasteiger partial charge in [-0.15, -0.1) is 0 Å². The zero-order valence-electron chi connectivity index (χ0n) is 14.3. The van der Waals surface area contributed by atoms with E-state index in [1.165, 1.54) is 5.56 Å². The molecule has 2 rings (SSSR count). The summed E-state index contributed by atoms with van der Waals surface area (Å²) in [6.07, 6.45) is 0.534. The predicted octanol–water partition coefficient (Wildman–Crippen LogP) is 2.18. The number of hydrogen-bond donors (Lipinski definition) is 1. The predicted molar refractivity (Wildman–Crippen MR) is 93.6 cm³/mol. The van der Waals surface area contributed by atoms with Gasteiger partial charge in [0.1, 0.15) is 0 Å². The summed E-state index contributed by atoms with van der Waals surface area (Å²) >= 11 is 0. The highest BCUT2D eigenvalue weighted by molar-refractivity contribution is 7.91. The Labute approximate surface area is 139 Å². The van der Waals surface area contributed by atoms with Crippen molar-refractivity contribution in [2.75, 3.05) is 30.4 Å². The van der Waals surface area contributed by atoms with Crippen molar-refractivity contribution < 1.29 is 13.2 Å². The highest BCUT2D eigenvalue weighted by atomic mass is 32.2. The van der Waals surface area contributed by atoms with Gasteiger partial charge >= 0.3 is 0 Å². The first-order chi connectivity index (χ1) is 10.7. The molecule has 1 atom stereocenters. The SMILES string of the molecule is Cc1cccc(C(C)C)c1NCC(=O)N(C)C1CCS(=O)(=O)C1. The molecular formula is C17H26N2O3S. The van der Waals surface area contributed by atoms with Crippen molar-refractivity contribution in [2.45, 2.75) is 39.2 Å². The van der Waals surface area contributed by atoms with Crippen LogP contribution in [0.3, 0.4) is 0 Å². The number of aryl methyl sites for hydroxylation is 1. The third kappa shape index (κ3) is 4.25. The first-order valence-electron chi connectivity index (χ1n) is 8.00. The third-order valence-electron chi connectivity index (χ3n) is 4.49. The molecule has 0 bridgehead atoms. The quantitative estimate of drug-likeness (QED) is 0.893. The molecule has 1 amide bonds. The topological polar surface area (TPSA) is 66.5 Å². The van der Waals surface area contributed by atoms with Crippen LogP contribution in [0.2, 0.25) is 0 Å². The minimum absolute atomic E-state index is 0.0786. The van der Waals surface area contributed by atoms with Gasteiger partial charge < -0.3 is 10.2 Å². The number of amides is 1. The van der Waals surface area contributed by atoms with Gasteiger partial charge in [0.25, 0.3) is 0 Å². The number of benzene rings is 1. The first kappa shape index (κ1) is 17.8. The number of hydrogen-bond acceptors (Lipinski definition) is 4. The number of carbonyl (C=O) groups excluding carboxylic acids is 1. The van der Waals surface area contributed by atoms with E-state index in [1.807, 2.05) is 19.1 Å². The van der Waals surface area contributed by atoms with Crippen LogP contribution in [0, 0.1) is 6.92 Å². The summed E-state index contributed by atoms with van der Waals surface area (Å²) in [5.74, 6) is 0.546. The van der Waals surface area contributed by atoms with E-state index in [0.717, 1.165) is 11.3 Å². The second-order valence-electron chi connectivity index (χ2n) is 6.61. The van der Waals surface area contributed by atoms with Crippen LogP contribution in [0.4, 0.5) is 5.69 Å². The molecule has 0 spiro atoms. The third-order valence-corrected chi connectivity index (χ3v) is 6.24. The number of sulfone groups is 1. The second kappa shape index (κ2) is 6.91. The van der Waals surface area contributed by atoms with Crippen molar-refractivity contribution >= 4 is 21.4 Å². The van der Waals surface area contributed by atoms with Crippen molar-refractivity contribution in [3.05, 3.63) is 29.3 Å². The zero-order chi connectivity index (χ0) is 17.2. The average Bonchev–Trinajstić information content (AvgIpc) is 2.84. The molecule has 1 aromatic carbocycles. The fourth-order valence-electron chi connectivity index (χ4n) is 2.99. The smallest absolute Gasteiger partial charge is 0.241 e. The molecule has 1 fully saturated rings. The van der Waals surface area contributed by atoms with E-state index in [4.69, 9.17) is 0 Å². The van der Waals surface area contributed by atoms with Crippen LogP contribution in [0.5, 0.6) is 0 Å². The number of nitrogens with zero attached hydrogens (tertiary/aromatic N) is 1. The van der Waals surface area contributed by atoms with E-state index in [0.29, 0.717) is 12.3 Å². The fourth-order valence-corrected chi connectivity index (χ4v) is 4.76. The molecule has 5 nitrogen and oxygen atoms in total. The summed E-state index contributed by atoms with van der Waals surface area (Å²) in [6.45, 7) is 6.44. The van der Waals surface area contributed by atoms with Gasteiger partial charge in [0.15, 0.2) is 9.84 Å². The van der Waals surface area contributed by atoms with Crippen molar-refractivity contribution in [3.63, 3.8) is 0 Å². The summed E-state index contributed by atoms with van der Waals surface area (Å²) in [6, 6.07) is 5.91. The summed E-state index contributed by atoms with van der Waals surface area (Å²) in [5.41, 5.74) is 3.29. The van der Waals surface area contributed by atoms with E-state index >= 15 is 0 Å². The van der Waals surface area contributed by atoms with Crippen LogP contribution >= 0.6 is 0 Å². The number of anilines is 1. The highest BCUT2D eigenvalue weighted by Gasteiger charge is 2.32. The zero-order valence-corrected chi connectivity index (χ0v) is 15.1. The second-order valence-corrected chi connectivity index (χ2v) is 8.84. The maximum absolute atomic E-state index is 12.4. The largest absolute Gasteiger partial charge is 0.376 e. The molecule has 1 aliphatic heterocycles. The summed E-state index contributed by atoms with van der Waals surface area (Å²) < 4.78 is 23.1. The molecule has 1 unspecified atom stereocenters. The van der Waals surface area contributed by atoms with Crippen molar-refractivity contribution in [1.82, 2.24) is 4.90 Å². The van der Waals surface area contributed by atoms with Crippen LogP contribution in [-0.2, 0) is 14.6 Å². The molecule has 0 aromatic heterocycles. The molecule has 0 radical (unpaired) electrons. The first-order valence-corrected chi connectivity index (χ1v) is 9.83. The van der Waals surface area contributed by atoms with Crippen molar-refractivity contribution in [3.8, 4) is 0 Å². The van der Waals surface area contributed by atoms with E-state index < -0.39 is 9.84 Å². The molecule has 0 aliphatic carbocycles. The Bertz CT molecular complexity index is 683. The monoisotopic (exact) mass is 338 g/mol. The lowest BCUT2D eigenvalue weighted by Gasteiger charge is -2.24. The Balaban J connectivity index is 2.02. The Morgan fingerprint density at radius 2 is 2.09 bits per heavy atom. The minimum Gasteiger partial charge on any atom is -0.376 e. The van der Waals surface area contributed by atoms with Gasteiger partial charge in [-0.3, -0.25) is 4.79 Å². The van der Waals surface area contributed by atoms with E-state index in [9.17, 15) is 13.2 Å². The molecule has 0 saturated carbocycles. The standard InChI is InChI=1S/C17H26N2O3S/c1-12(2)15-7-5-6-13(3)17(15)18-10-16(20)19(4)14-8-9-23(21,22)11-14/h5-7,12,14,18H,8-11H2,1-4H3. The van der Waals surface area contributed by atoms with Crippen LogP contribution < -0.4 is 5.32 Å². The lowest BCUT2D eigenvalue weighted by Crippen LogP contribution is -2.41. The number of likely N-dealkylation sites (N-methyl/N-ethyl adjacent to an activating group) is 1. The van der Waals surface area contributed by atoms with Gasteiger partial charge in [0.05, 0.1) is 18.1 Å². The molecule has 1 saturated heterocycles. The highest BCUT2D eigenvalue weighted by Crippen LogP contribution is 2.27. The van der Waals surface area contributed by atoms with Crippen LogP contribution in [0.25, 0.3) is 0 Å². The van der Waals surface area contributed by atoms with Crippen LogP contribution in [0.1, 0.15) is 37.3 Å². The number of carbonyl (C=O) groups is 1. The normalized spacial score (nSPS) is 19.8. The Morgan fingerprint density at radius 1 is 1.39 bits per heavy atom. The Kier molecular flexibility index (Phi) is 5.34. The van der Waals surface area contributed by atoms with Gasteiger partial charge in [-0.2, -0.15) is 0 Å². The molecule has 6 heteroatoms. The van der Waals surface area contributed by atoms with Gasteiger partial charge in [0, 0.05) is 18.8 Å². The molecular weight excluding hydrogens is 312 g/mol. The van der Waals surface area contributed by atoms with Crippen LogP contribution in [-0.4, -0.2) is 50.4 Å². The van der Waals surface area contributed by atoms with Crippen molar-refractivity contribution in [2.24, 2.45) is 0 Å². The van der Waals surface area contributed by atoms with Gasteiger partial charge in [0.2, 0.25) is 5.91 Å². The summed E-state index contributed by atoms with van der Waals surface area (Å²) in [7, 11) is -1.29. The molecule has 1 heterocycles.